The Hall–Kier alpha value is -3.22. The molecule has 0 atom stereocenters. The summed E-state index contributed by atoms with van der Waals surface area (Å²) in [6.45, 7) is 7.05. The number of hydrogen-bond donors (Lipinski definition) is 1. The first kappa shape index (κ1) is 18.6. The van der Waals surface area contributed by atoms with Gasteiger partial charge in [-0.2, -0.15) is 0 Å². The second-order valence-corrected chi connectivity index (χ2v) is 6.88. The third kappa shape index (κ3) is 3.40. The minimum atomic E-state index is -0.568. The summed E-state index contributed by atoms with van der Waals surface area (Å²) in [7, 11) is 1.55. The largest absolute Gasteiger partial charge is 0.332 e. The van der Waals surface area contributed by atoms with Gasteiger partial charge in [-0.1, -0.05) is 12.1 Å². The minimum Gasteiger partial charge on any atom is -0.324 e. The molecule has 0 bridgehead atoms. The number of carbonyl (C=O) groups is 1. The Morgan fingerprint density at radius 3 is 2.48 bits per heavy atom. The van der Waals surface area contributed by atoms with E-state index in [0.717, 1.165) is 27.0 Å². The molecule has 3 aromatic rings. The SMILES string of the molecule is Cc1ccc(C)c(NC(=O)Cn2c(=O)c3c(C)cc(C)nc3n(C)c2=O)c1. The van der Waals surface area contributed by atoms with Gasteiger partial charge in [-0.3, -0.25) is 18.7 Å². The highest BCUT2D eigenvalue weighted by atomic mass is 16.2. The van der Waals surface area contributed by atoms with E-state index in [9.17, 15) is 14.4 Å². The van der Waals surface area contributed by atoms with Gasteiger partial charge in [0.15, 0.2) is 0 Å². The maximum absolute atomic E-state index is 12.9. The van der Waals surface area contributed by atoms with Crippen molar-refractivity contribution in [1.29, 1.82) is 0 Å². The normalized spacial score (nSPS) is 11.0. The molecule has 0 aliphatic rings. The zero-order valence-electron chi connectivity index (χ0n) is 16.1. The minimum absolute atomic E-state index is 0.327. The molecule has 1 aromatic carbocycles. The summed E-state index contributed by atoms with van der Waals surface area (Å²) in [5, 5.41) is 3.13. The van der Waals surface area contributed by atoms with Crippen molar-refractivity contribution in [3.8, 4) is 0 Å². The van der Waals surface area contributed by atoms with Gasteiger partial charge in [0, 0.05) is 18.4 Å². The zero-order valence-corrected chi connectivity index (χ0v) is 16.1. The summed E-state index contributed by atoms with van der Waals surface area (Å²) in [5.74, 6) is -0.431. The molecule has 0 radical (unpaired) electrons. The van der Waals surface area contributed by atoms with Crippen molar-refractivity contribution in [2.24, 2.45) is 7.05 Å². The average Bonchev–Trinajstić information content (AvgIpc) is 2.59. The van der Waals surface area contributed by atoms with Crippen molar-refractivity contribution >= 4 is 22.6 Å². The van der Waals surface area contributed by atoms with Crippen LogP contribution in [0.1, 0.15) is 22.4 Å². The van der Waals surface area contributed by atoms with E-state index >= 15 is 0 Å². The Morgan fingerprint density at radius 2 is 1.78 bits per heavy atom. The van der Waals surface area contributed by atoms with Gasteiger partial charge in [-0.25, -0.2) is 9.78 Å². The Morgan fingerprint density at radius 1 is 1.07 bits per heavy atom. The summed E-state index contributed by atoms with van der Waals surface area (Å²) in [6.07, 6.45) is 0. The number of nitrogens with zero attached hydrogens (tertiary/aromatic N) is 3. The summed E-state index contributed by atoms with van der Waals surface area (Å²) in [4.78, 5) is 42.3. The Kier molecular flexibility index (Phi) is 4.70. The van der Waals surface area contributed by atoms with E-state index in [1.165, 1.54) is 4.57 Å². The number of benzene rings is 1. The molecule has 0 spiro atoms. The highest BCUT2D eigenvalue weighted by Crippen LogP contribution is 2.16. The monoisotopic (exact) mass is 366 g/mol. The molecule has 0 unspecified atom stereocenters. The number of anilines is 1. The summed E-state index contributed by atoms with van der Waals surface area (Å²) >= 11 is 0. The predicted molar refractivity (Wildman–Crippen MR) is 105 cm³/mol. The van der Waals surface area contributed by atoms with Gasteiger partial charge in [-0.15, -0.1) is 0 Å². The standard InChI is InChI=1S/C20H22N4O3/c1-11-6-7-12(2)15(8-11)22-16(25)10-24-19(26)17-13(3)9-14(4)21-18(17)23(5)20(24)27/h6-9H,10H2,1-5H3,(H,22,25). The molecule has 3 rings (SSSR count). The van der Waals surface area contributed by atoms with Gasteiger partial charge in [-0.05, 0) is 56.5 Å². The first-order valence-corrected chi connectivity index (χ1v) is 8.64. The van der Waals surface area contributed by atoms with Crippen LogP contribution in [0, 0.1) is 27.7 Å². The number of aromatic nitrogens is 3. The van der Waals surface area contributed by atoms with E-state index < -0.39 is 17.2 Å². The molecule has 27 heavy (non-hydrogen) atoms. The van der Waals surface area contributed by atoms with Gasteiger partial charge in [0.25, 0.3) is 5.56 Å². The second-order valence-electron chi connectivity index (χ2n) is 6.88. The van der Waals surface area contributed by atoms with Gasteiger partial charge < -0.3 is 5.32 Å². The number of pyridine rings is 1. The molecular formula is C20H22N4O3. The van der Waals surface area contributed by atoms with Crippen LogP contribution in [-0.2, 0) is 18.4 Å². The van der Waals surface area contributed by atoms with E-state index in [1.54, 1.807) is 27.0 Å². The van der Waals surface area contributed by atoms with E-state index in [2.05, 4.69) is 10.3 Å². The van der Waals surface area contributed by atoms with E-state index in [4.69, 9.17) is 0 Å². The van der Waals surface area contributed by atoms with Crippen LogP contribution in [0.5, 0.6) is 0 Å². The number of hydrogen-bond acceptors (Lipinski definition) is 4. The summed E-state index contributed by atoms with van der Waals surface area (Å²) in [5.41, 5.74) is 3.28. The predicted octanol–water partition coefficient (Wildman–Crippen LogP) is 1.97. The van der Waals surface area contributed by atoms with E-state index in [1.807, 2.05) is 32.0 Å². The summed E-state index contributed by atoms with van der Waals surface area (Å²) in [6, 6.07) is 7.50. The number of amides is 1. The number of nitrogens with one attached hydrogen (secondary N) is 1. The molecule has 2 heterocycles. The fourth-order valence-corrected chi connectivity index (χ4v) is 3.16. The molecule has 1 amide bonds. The molecule has 7 nitrogen and oxygen atoms in total. The zero-order chi connectivity index (χ0) is 19.9. The fourth-order valence-electron chi connectivity index (χ4n) is 3.16. The van der Waals surface area contributed by atoms with Crippen LogP contribution in [0.4, 0.5) is 5.69 Å². The highest BCUT2D eigenvalue weighted by Gasteiger charge is 2.17. The lowest BCUT2D eigenvalue weighted by Crippen LogP contribution is -2.42. The molecule has 140 valence electrons. The van der Waals surface area contributed by atoms with Crippen molar-refractivity contribution in [2.45, 2.75) is 34.2 Å². The lowest BCUT2D eigenvalue weighted by Gasteiger charge is -2.13. The number of carbonyl (C=O) groups excluding carboxylic acids is 1. The van der Waals surface area contributed by atoms with Crippen molar-refractivity contribution in [3.05, 3.63) is 67.5 Å². The third-order valence-corrected chi connectivity index (χ3v) is 4.59. The van der Waals surface area contributed by atoms with E-state index in [0.29, 0.717) is 16.7 Å². The highest BCUT2D eigenvalue weighted by molar-refractivity contribution is 5.91. The third-order valence-electron chi connectivity index (χ3n) is 4.59. The first-order chi connectivity index (χ1) is 12.7. The number of rotatable bonds is 3. The van der Waals surface area contributed by atoms with Gasteiger partial charge >= 0.3 is 5.69 Å². The Labute approximate surface area is 156 Å². The molecule has 0 saturated heterocycles. The van der Waals surface area contributed by atoms with Crippen LogP contribution >= 0.6 is 0 Å². The average molecular weight is 366 g/mol. The molecule has 0 saturated carbocycles. The molecule has 7 heteroatoms. The molecular weight excluding hydrogens is 344 g/mol. The molecule has 0 fully saturated rings. The first-order valence-electron chi connectivity index (χ1n) is 8.64. The van der Waals surface area contributed by atoms with Gasteiger partial charge in [0.1, 0.15) is 12.2 Å². The number of fused-ring (bicyclic) bond motifs is 1. The maximum Gasteiger partial charge on any atom is 0.332 e. The van der Waals surface area contributed by atoms with Crippen LogP contribution in [0.2, 0.25) is 0 Å². The van der Waals surface area contributed by atoms with Crippen molar-refractivity contribution < 1.29 is 4.79 Å². The smallest absolute Gasteiger partial charge is 0.324 e. The maximum atomic E-state index is 12.9. The molecule has 2 aromatic heterocycles. The number of aryl methyl sites for hydroxylation is 5. The van der Waals surface area contributed by atoms with Gasteiger partial charge in [0.05, 0.1) is 5.39 Å². The lowest BCUT2D eigenvalue weighted by atomic mass is 10.1. The quantitative estimate of drug-likeness (QED) is 0.768. The van der Waals surface area contributed by atoms with Crippen LogP contribution in [0.15, 0.2) is 33.9 Å². The van der Waals surface area contributed by atoms with Gasteiger partial charge in [0.2, 0.25) is 5.91 Å². The Balaban J connectivity index is 2.05. The summed E-state index contributed by atoms with van der Waals surface area (Å²) < 4.78 is 2.26. The molecule has 0 aliphatic carbocycles. The Bertz CT molecular complexity index is 1190. The van der Waals surface area contributed by atoms with Crippen LogP contribution in [0.25, 0.3) is 11.0 Å². The molecule has 0 aliphatic heterocycles. The second kappa shape index (κ2) is 6.83. The lowest BCUT2D eigenvalue weighted by molar-refractivity contribution is -0.116. The van der Waals surface area contributed by atoms with Crippen molar-refractivity contribution in [3.63, 3.8) is 0 Å². The van der Waals surface area contributed by atoms with Crippen LogP contribution in [-0.4, -0.2) is 20.0 Å². The van der Waals surface area contributed by atoms with E-state index in [-0.39, 0.29) is 6.54 Å². The fraction of sp³-hybridized carbons (Fsp3) is 0.300. The topological polar surface area (TPSA) is 86.0 Å². The molecule has 1 N–H and O–H groups in total. The van der Waals surface area contributed by atoms with Crippen LogP contribution < -0.4 is 16.6 Å². The van der Waals surface area contributed by atoms with Crippen molar-refractivity contribution in [1.82, 2.24) is 14.1 Å². The van der Waals surface area contributed by atoms with Crippen molar-refractivity contribution in [2.75, 3.05) is 5.32 Å². The van der Waals surface area contributed by atoms with Crippen LogP contribution in [0.3, 0.4) is 0 Å².